The van der Waals surface area contributed by atoms with Crippen LogP contribution in [0.4, 0.5) is 4.39 Å². The van der Waals surface area contributed by atoms with Crippen LogP contribution in [0.3, 0.4) is 0 Å². The molecular formula is C13H8ClFN4. The van der Waals surface area contributed by atoms with Gasteiger partial charge in [-0.15, -0.1) is 5.10 Å². The SMILES string of the molecule is Fc1ccc(-n2nc(Cl)nc2-c2ccncc2)cc1. The third-order valence-electron chi connectivity index (χ3n) is 2.59. The van der Waals surface area contributed by atoms with E-state index in [1.165, 1.54) is 12.1 Å². The topological polar surface area (TPSA) is 43.6 Å². The number of hydrogen-bond donors (Lipinski definition) is 0. The lowest BCUT2D eigenvalue weighted by Crippen LogP contribution is -1.99. The standard InChI is InChI=1S/C13H8ClFN4/c14-13-17-12(9-5-7-16-8-6-9)19(18-13)11-3-1-10(15)2-4-11/h1-8H. The van der Waals surface area contributed by atoms with E-state index in [-0.39, 0.29) is 11.1 Å². The summed E-state index contributed by atoms with van der Waals surface area (Å²) in [4.78, 5) is 8.13. The highest BCUT2D eigenvalue weighted by atomic mass is 35.5. The predicted molar refractivity (Wildman–Crippen MR) is 69.6 cm³/mol. The summed E-state index contributed by atoms with van der Waals surface area (Å²) in [7, 11) is 0. The van der Waals surface area contributed by atoms with Gasteiger partial charge in [-0.05, 0) is 48.0 Å². The number of halogens is 2. The van der Waals surface area contributed by atoms with Crippen LogP contribution in [-0.4, -0.2) is 19.7 Å². The second kappa shape index (κ2) is 4.78. The van der Waals surface area contributed by atoms with Gasteiger partial charge < -0.3 is 0 Å². The molecule has 0 spiro atoms. The van der Waals surface area contributed by atoms with Crippen molar-refractivity contribution in [1.29, 1.82) is 0 Å². The Hall–Kier alpha value is -2.27. The molecule has 3 aromatic rings. The molecule has 0 aliphatic heterocycles. The molecule has 0 bridgehead atoms. The number of aromatic nitrogens is 4. The van der Waals surface area contributed by atoms with Crippen LogP contribution in [0.15, 0.2) is 48.8 Å². The minimum absolute atomic E-state index is 0.135. The van der Waals surface area contributed by atoms with Gasteiger partial charge in [0.2, 0.25) is 5.28 Å². The van der Waals surface area contributed by atoms with Crippen LogP contribution < -0.4 is 0 Å². The molecule has 94 valence electrons. The monoisotopic (exact) mass is 274 g/mol. The molecule has 4 nitrogen and oxygen atoms in total. The fourth-order valence-electron chi connectivity index (χ4n) is 1.74. The number of rotatable bonds is 2. The summed E-state index contributed by atoms with van der Waals surface area (Å²) < 4.78 is 14.5. The van der Waals surface area contributed by atoms with Crippen molar-refractivity contribution in [3.63, 3.8) is 0 Å². The molecule has 6 heteroatoms. The third-order valence-corrected chi connectivity index (χ3v) is 2.75. The highest BCUT2D eigenvalue weighted by Gasteiger charge is 2.12. The van der Waals surface area contributed by atoms with E-state index in [4.69, 9.17) is 11.6 Å². The first-order valence-corrected chi connectivity index (χ1v) is 5.91. The first-order chi connectivity index (χ1) is 9.24. The summed E-state index contributed by atoms with van der Waals surface area (Å²) in [6.07, 6.45) is 3.32. The van der Waals surface area contributed by atoms with E-state index in [1.807, 2.05) is 0 Å². The molecule has 0 aliphatic carbocycles. The van der Waals surface area contributed by atoms with Crippen LogP contribution >= 0.6 is 11.6 Å². The smallest absolute Gasteiger partial charge is 0.243 e. The van der Waals surface area contributed by atoms with Crippen molar-refractivity contribution in [3.05, 3.63) is 59.9 Å². The molecule has 1 aromatic carbocycles. The molecule has 2 aromatic heterocycles. The minimum atomic E-state index is -0.305. The Labute approximate surface area is 113 Å². The van der Waals surface area contributed by atoms with Gasteiger partial charge in [0.1, 0.15) is 5.82 Å². The second-order valence-corrected chi connectivity index (χ2v) is 4.17. The van der Waals surface area contributed by atoms with Crippen LogP contribution in [0.5, 0.6) is 0 Å². The van der Waals surface area contributed by atoms with Crippen LogP contribution in [0, 0.1) is 5.82 Å². The normalized spacial score (nSPS) is 10.6. The van der Waals surface area contributed by atoms with Crippen LogP contribution in [0.1, 0.15) is 0 Å². The Morgan fingerprint density at radius 3 is 2.37 bits per heavy atom. The molecule has 0 atom stereocenters. The van der Waals surface area contributed by atoms with E-state index in [2.05, 4.69) is 15.1 Å². The summed E-state index contributed by atoms with van der Waals surface area (Å²) in [5, 5.41) is 4.25. The van der Waals surface area contributed by atoms with Crippen molar-refractivity contribution in [1.82, 2.24) is 19.7 Å². The van der Waals surface area contributed by atoms with E-state index in [1.54, 1.807) is 41.3 Å². The molecular weight excluding hydrogens is 267 g/mol. The Bertz CT molecular complexity index is 694. The number of pyridine rings is 1. The maximum absolute atomic E-state index is 13.0. The van der Waals surface area contributed by atoms with Crippen molar-refractivity contribution in [2.24, 2.45) is 0 Å². The molecule has 0 unspecified atom stereocenters. The van der Waals surface area contributed by atoms with Gasteiger partial charge in [0.05, 0.1) is 5.69 Å². The maximum Gasteiger partial charge on any atom is 0.243 e. The van der Waals surface area contributed by atoms with Gasteiger partial charge in [-0.2, -0.15) is 4.98 Å². The van der Waals surface area contributed by atoms with E-state index in [0.717, 1.165) is 5.56 Å². The first kappa shape index (κ1) is 11.8. The van der Waals surface area contributed by atoms with E-state index in [9.17, 15) is 4.39 Å². The van der Waals surface area contributed by atoms with Crippen molar-refractivity contribution >= 4 is 11.6 Å². The lowest BCUT2D eigenvalue weighted by atomic mass is 10.2. The van der Waals surface area contributed by atoms with Gasteiger partial charge in [-0.3, -0.25) is 4.98 Å². The minimum Gasteiger partial charge on any atom is -0.265 e. The molecule has 0 radical (unpaired) electrons. The zero-order valence-electron chi connectivity index (χ0n) is 9.66. The molecule has 0 aliphatic rings. The number of hydrogen-bond acceptors (Lipinski definition) is 3. The van der Waals surface area contributed by atoms with Crippen LogP contribution in [0.25, 0.3) is 17.1 Å². The summed E-state index contributed by atoms with van der Waals surface area (Å²) in [5.74, 6) is 0.277. The summed E-state index contributed by atoms with van der Waals surface area (Å²) >= 11 is 5.86. The molecule has 19 heavy (non-hydrogen) atoms. The Balaban J connectivity index is 2.15. The van der Waals surface area contributed by atoms with Gasteiger partial charge >= 0.3 is 0 Å². The molecule has 0 amide bonds. The summed E-state index contributed by atoms with van der Waals surface area (Å²) in [6, 6.07) is 9.57. The first-order valence-electron chi connectivity index (χ1n) is 5.53. The highest BCUT2D eigenvalue weighted by Crippen LogP contribution is 2.22. The zero-order valence-corrected chi connectivity index (χ0v) is 10.4. The van der Waals surface area contributed by atoms with E-state index in [0.29, 0.717) is 11.5 Å². The van der Waals surface area contributed by atoms with E-state index < -0.39 is 0 Å². The molecule has 0 N–H and O–H groups in total. The number of benzene rings is 1. The highest BCUT2D eigenvalue weighted by molar-refractivity contribution is 6.28. The second-order valence-electron chi connectivity index (χ2n) is 3.83. The number of nitrogens with zero attached hydrogens (tertiary/aromatic N) is 4. The molecule has 0 saturated heterocycles. The maximum atomic E-state index is 13.0. The third kappa shape index (κ3) is 2.32. The quantitative estimate of drug-likeness (QED) is 0.721. The van der Waals surface area contributed by atoms with Gasteiger partial charge in [0.25, 0.3) is 0 Å². The predicted octanol–water partition coefficient (Wildman–Crippen LogP) is 3.12. The van der Waals surface area contributed by atoms with Gasteiger partial charge in [-0.25, -0.2) is 9.07 Å². The van der Waals surface area contributed by atoms with Crippen molar-refractivity contribution in [3.8, 4) is 17.1 Å². The van der Waals surface area contributed by atoms with Crippen LogP contribution in [-0.2, 0) is 0 Å². The molecule has 0 saturated carbocycles. The molecule has 0 fully saturated rings. The van der Waals surface area contributed by atoms with Gasteiger partial charge in [0.15, 0.2) is 5.82 Å². The largest absolute Gasteiger partial charge is 0.265 e. The Morgan fingerprint density at radius 2 is 1.68 bits per heavy atom. The lowest BCUT2D eigenvalue weighted by molar-refractivity contribution is 0.627. The van der Waals surface area contributed by atoms with Gasteiger partial charge in [0, 0.05) is 18.0 Å². The van der Waals surface area contributed by atoms with E-state index >= 15 is 0 Å². The Morgan fingerprint density at radius 1 is 1.00 bits per heavy atom. The fraction of sp³-hybridized carbons (Fsp3) is 0. The fourth-order valence-corrected chi connectivity index (χ4v) is 1.89. The van der Waals surface area contributed by atoms with Gasteiger partial charge in [-0.1, -0.05) is 0 Å². The lowest BCUT2D eigenvalue weighted by Gasteiger charge is -2.05. The summed E-state index contributed by atoms with van der Waals surface area (Å²) in [5.41, 5.74) is 1.52. The summed E-state index contributed by atoms with van der Waals surface area (Å²) in [6.45, 7) is 0. The Kier molecular flexibility index (Phi) is 2.97. The molecule has 2 heterocycles. The van der Waals surface area contributed by atoms with Crippen molar-refractivity contribution in [2.45, 2.75) is 0 Å². The average Bonchev–Trinajstić information content (AvgIpc) is 2.83. The van der Waals surface area contributed by atoms with Crippen molar-refractivity contribution in [2.75, 3.05) is 0 Å². The average molecular weight is 275 g/mol. The van der Waals surface area contributed by atoms with Crippen molar-refractivity contribution < 1.29 is 4.39 Å². The molecule has 3 rings (SSSR count). The zero-order chi connectivity index (χ0) is 13.2. The van der Waals surface area contributed by atoms with Crippen LogP contribution in [0.2, 0.25) is 5.28 Å².